The van der Waals surface area contributed by atoms with Crippen LogP contribution in [0, 0.1) is 6.92 Å². The summed E-state index contributed by atoms with van der Waals surface area (Å²) in [4.78, 5) is 17.9. The second-order valence-electron chi connectivity index (χ2n) is 4.94. The summed E-state index contributed by atoms with van der Waals surface area (Å²) in [7, 11) is 1.76. The first-order valence-electron chi connectivity index (χ1n) is 6.54. The van der Waals surface area contributed by atoms with Gasteiger partial charge in [-0.05, 0) is 30.2 Å². The summed E-state index contributed by atoms with van der Waals surface area (Å²) in [6.45, 7) is 2.54. The minimum Gasteiger partial charge on any atom is -0.340 e. The van der Waals surface area contributed by atoms with Gasteiger partial charge in [0.2, 0.25) is 5.91 Å². The summed E-state index contributed by atoms with van der Waals surface area (Å²) in [5.41, 5.74) is 9.06. The summed E-state index contributed by atoms with van der Waals surface area (Å²) < 4.78 is 0. The first-order chi connectivity index (χ1) is 9.58. The van der Waals surface area contributed by atoms with E-state index in [0.29, 0.717) is 6.54 Å². The van der Waals surface area contributed by atoms with Gasteiger partial charge < -0.3 is 10.6 Å². The molecule has 22 heavy (non-hydrogen) atoms. The zero-order valence-electron chi connectivity index (χ0n) is 12.6. The highest BCUT2D eigenvalue weighted by Crippen LogP contribution is 2.15. The number of benzene rings is 1. The molecule has 1 heterocycles. The monoisotopic (exact) mass is 341 g/mol. The van der Waals surface area contributed by atoms with Crippen LogP contribution in [0.15, 0.2) is 48.8 Å². The number of carbonyl (C=O) groups excluding carboxylic acids is 1. The number of aromatic nitrogens is 1. The van der Waals surface area contributed by atoms with E-state index in [2.05, 4.69) is 4.98 Å². The smallest absolute Gasteiger partial charge is 0.244 e. The van der Waals surface area contributed by atoms with E-state index in [9.17, 15) is 4.79 Å². The van der Waals surface area contributed by atoms with Crippen LogP contribution in [0.3, 0.4) is 0 Å². The molecule has 0 saturated carbocycles. The SMILES string of the molecule is Cc1ccc(C(N)C(=O)N(C)Cc2ccncc2)cc1.Cl.Cl. The lowest BCUT2D eigenvalue weighted by Crippen LogP contribution is -2.35. The predicted molar refractivity (Wildman–Crippen MR) is 93.3 cm³/mol. The molecule has 0 spiro atoms. The van der Waals surface area contributed by atoms with Gasteiger partial charge in [-0.2, -0.15) is 0 Å². The van der Waals surface area contributed by atoms with Gasteiger partial charge in [-0.25, -0.2) is 0 Å². The number of pyridine rings is 1. The zero-order valence-corrected chi connectivity index (χ0v) is 14.2. The number of nitrogens with zero attached hydrogens (tertiary/aromatic N) is 2. The number of nitrogens with two attached hydrogens (primary N) is 1. The molecular formula is C16H21Cl2N3O. The van der Waals surface area contributed by atoms with Gasteiger partial charge in [-0.15, -0.1) is 24.8 Å². The van der Waals surface area contributed by atoms with Crippen LogP contribution in [0.25, 0.3) is 0 Å². The summed E-state index contributed by atoms with van der Waals surface area (Å²) in [5, 5.41) is 0. The fraction of sp³-hybridized carbons (Fsp3) is 0.250. The maximum Gasteiger partial charge on any atom is 0.244 e. The highest BCUT2D eigenvalue weighted by atomic mass is 35.5. The van der Waals surface area contributed by atoms with Crippen molar-refractivity contribution in [3.63, 3.8) is 0 Å². The molecule has 0 fully saturated rings. The van der Waals surface area contributed by atoms with Crippen molar-refractivity contribution in [3.8, 4) is 0 Å². The summed E-state index contributed by atoms with van der Waals surface area (Å²) in [5.74, 6) is -0.0920. The third-order valence-electron chi connectivity index (χ3n) is 3.25. The topological polar surface area (TPSA) is 59.2 Å². The fourth-order valence-corrected chi connectivity index (χ4v) is 1.99. The number of halogens is 2. The molecule has 120 valence electrons. The number of rotatable bonds is 4. The Kier molecular flexibility index (Phi) is 8.72. The first kappa shape index (κ1) is 20.4. The average molecular weight is 342 g/mol. The number of carbonyl (C=O) groups is 1. The molecule has 0 aliphatic heterocycles. The second-order valence-corrected chi connectivity index (χ2v) is 4.94. The Bertz CT molecular complexity index is 576. The van der Waals surface area contributed by atoms with Crippen molar-refractivity contribution in [3.05, 3.63) is 65.5 Å². The number of likely N-dealkylation sites (N-methyl/N-ethyl adjacent to an activating group) is 1. The van der Waals surface area contributed by atoms with E-state index in [4.69, 9.17) is 5.73 Å². The van der Waals surface area contributed by atoms with Crippen LogP contribution in [0.5, 0.6) is 0 Å². The molecule has 2 aromatic rings. The van der Waals surface area contributed by atoms with Crippen LogP contribution < -0.4 is 5.73 Å². The van der Waals surface area contributed by atoms with E-state index in [1.807, 2.05) is 43.3 Å². The summed E-state index contributed by atoms with van der Waals surface area (Å²) in [6, 6.07) is 10.9. The van der Waals surface area contributed by atoms with Crippen molar-refractivity contribution >= 4 is 30.7 Å². The van der Waals surface area contributed by atoms with Gasteiger partial charge in [0.15, 0.2) is 0 Å². The molecule has 1 aromatic heterocycles. The molecule has 1 aromatic carbocycles. The standard InChI is InChI=1S/C16H19N3O.2ClH/c1-12-3-5-14(6-4-12)15(17)16(20)19(2)11-13-7-9-18-10-8-13;;/h3-10,15H,11,17H2,1-2H3;2*1H. The fourth-order valence-electron chi connectivity index (χ4n) is 1.99. The third-order valence-corrected chi connectivity index (χ3v) is 3.25. The van der Waals surface area contributed by atoms with Crippen molar-refractivity contribution < 1.29 is 4.79 Å². The van der Waals surface area contributed by atoms with Crippen LogP contribution >= 0.6 is 24.8 Å². The van der Waals surface area contributed by atoms with E-state index in [1.165, 1.54) is 0 Å². The minimum absolute atomic E-state index is 0. The van der Waals surface area contributed by atoms with E-state index < -0.39 is 6.04 Å². The average Bonchev–Trinajstić information content (AvgIpc) is 2.47. The molecule has 0 aliphatic rings. The Labute approximate surface area is 143 Å². The highest BCUT2D eigenvalue weighted by molar-refractivity contribution is 5.85. The Morgan fingerprint density at radius 1 is 1.14 bits per heavy atom. The molecule has 1 atom stereocenters. The van der Waals surface area contributed by atoms with Crippen LogP contribution in [0.1, 0.15) is 22.7 Å². The van der Waals surface area contributed by atoms with Gasteiger partial charge >= 0.3 is 0 Å². The van der Waals surface area contributed by atoms with Gasteiger partial charge in [-0.3, -0.25) is 9.78 Å². The Morgan fingerprint density at radius 2 is 1.68 bits per heavy atom. The largest absolute Gasteiger partial charge is 0.340 e. The van der Waals surface area contributed by atoms with Crippen molar-refractivity contribution in [1.82, 2.24) is 9.88 Å². The molecule has 1 unspecified atom stereocenters. The highest BCUT2D eigenvalue weighted by Gasteiger charge is 2.19. The van der Waals surface area contributed by atoms with Crippen molar-refractivity contribution in [1.29, 1.82) is 0 Å². The molecule has 0 bridgehead atoms. The molecule has 1 amide bonds. The number of amides is 1. The van der Waals surface area contributed by atoms with E-state index in [0.717, 1.165) is 16.7 Å². The lowest BCUT2D eigenvalue weighted by Gasteiger charge is -2.21. The van der Waals surface area contributed by atoms with E-state index in [1.54, 1.807) is 24.3 Å². The lowest BCUT2D eigenvalue weighted by molar-refractivity contribution is -0.131. The maximum absolute atomic E-state index is 12.3. The van der Waals surface area contributed by atoms with Crippen LogP contribution in [0.4, 0.5) is 0 Å². The molecule has 0 aliphatic carbocycles. The summed E-state index contributed by atoms with van der Waals surface area (Å²) in [6.07, 6.45) is 3.43. The van der Waals surface area contributed by atoms with Crippen LogP contribution in [-0.4, -0.2) is 22.8 Å². The van der Waals surface area contributed by atoms with E-state index >= 15 is 0 Å². The molecule has 4 nitrogen and oxygen atoms in total. The number of aryl methyl sites for hydroxylation is 1. The van der Waals surface area contributed by atoms with Gasteiger partial charge in [0.05, 0.1) is 0 Å². The van der Waals surface area contributed by atoms with Crippen molar-refractivity contribution in [2.24, 2.45) is 5.73 Å². The third kappa shape index (κ3) is 5.30. The van der Waals surface area contributed by atoms with Crippen LogP contribution in [-0.2, 0) is 11.3 Å². The van der Waals surface area contributed by atoms with Gasteiger partial charge in [0.25, 0.3) is 0 Å². The van der Waals surface area contributed by atoms with Crippen molar-refractivity contribution in [2.45, 2.75) is 19.5 Å². The lowest BCUT2D eigenvalue weighted by atomic mass is 10.0. The van der Waals surface area contributed by atoms with Gasteiger partial charge in [0, 0.05) is 26.0 Å². The quantitative estimate of drug-likeness (QED) is 0.929. The molecule has 2 rings (SSSR count). The normalized spacial score (nSPS) is 10.9. The van der Waals surface area contributed by atoms with Crippen LogP contribution in [0.2, 0.25) is 0 Å². The minimum atomic E-state index is -0.623. The van der Waals surface area contributed by atoms with E-state index in [-0.39, 0.29) is 30.7 Å². The Hall–Kier alpha value is -1.62. The van der Waals surface area contributed by atoms with Gasteiger partial charge in [-0.1, -0.05) is 29.8 Å². The zero-order chi connectivity index (χ0) is 14.5. The Morgan fingerprint density at radius 3 is 2.23 bits per heavy atom. The molecule has 6 heteroatoms. The second kappa shape index (κ2) is 9.41. The maximum atomic E-state index is 12.3. The molecule has 0 saturated heterocycles. The molecule has 2 N–H and O–H groups in total. The Balaban J connectivity index is 0.00000220. The molecule has 0 radical (unpaired) electrons. The number of hydrogen-bond acceptors (Lipinski definition) is 3. The summed E-state index contributed by atoms with van der Waals surface area (Å²) >= 11 is 0. The first-order valence-corrected chi connectivity index (χ1v) is 6.54. The number of hydrogen-bond donors (Lipinski definition) is 1. The van der Waals surface area contributed by atoms with Crippen molar-refractivity contribution in [2.75, 3.05) is 7.05 Å². The van der Waals surface area contributed by atoms with Gasteiger partial charge in [0.1, 0.15) is 6.04 Å². The molecular weight excluding hydrogens is 321 g/mol. The predicted octanol–water partition coefficient (Wildman–Crippen LogP) is 2.89.